The molecule has 1 aliphatic heterocycles. The van der Waals surface area contributed by atoms with Crippen molar-refractivity contribution < 1.29 is 27.9 Å². The molecule has 1 aliphatic rings. The molecule has 1 amide bonds. The highest BCUT2D eigenvalue weighted by atomic mass is 35.5. The van der Waals surface area contributed by atoms with Crippen LogP contribution in [0.15, 0.2) is 30.3 Å². The molecule has 1 N–H and O–H groups in total. The summed E-state index contributed by atoms with van der Waals surface area (Å²) >= 11 is 13.0. The van der Waals surface area contributed by atoms with Crippen molar-refractivity contribution in [1.29, 1.82) is 0 Å². The number of piperidine rings is 1. The van der Waals surface area contributed by atoms with E-state index in [0.717, 1.165) is 25.0 Å². The molecule has 2 aromatic carbocycles. The molecule has 0 spiro atoms. The van der Waals surface area contributed by atoms with Gasteiger partial charge >= 0.3 is 12.1 Å². The second-order valence-electron chi connectivity index (χ2n) is 8.61. The molecule has 6 nitrogen and oxygen atoms in total. The topological polar surface area (TPSA) is 75.4 Å². The number of halogens is 5. The van der Waals surface area contributed by atoms with E-state index in [-0.39, 0.29) is 34.5 Å². The number of carbonyl (C=O) groups is 2. The maximum atomic E-state index is 13.4. The van der Waals surface area contributed by atoms with Crippen molar-refractivity contribution >= 4 is 46.0 Å². The average molecular weight is 528 g/mol. The molecule has 3 aromatic rings. The molecular formula is C24H22Cl2F3N3O3. The van der Waals surface area contributed by atoms with Crippen LogP contribution in [0, 0.1) is 6.92 Å². The first kappa shape index (κ1) is 25.3. The first-order valence-electron chi connectivity index (χ1n) is 11.0. The van der Waals surface area contributed by atoms with Gasteiger partial charge in [-0.05, 0) is 56.5 Å². The van der Waals surface area contributed by atoms with E-state index in [1.54, 1.807) is 11.8 Å². The van der Waals surface area contributed by atoms with Crippen LogP contribution in [0.2, 0.25) is 10.0 Å². The highest BCUT2D eigenvalue weighted by Gasteiger charge is 2.32. The Hall–Kier alpha value is -2.78. The number of fused-ring (bicyclic) bond motifs is 1. The van der Waals surface area contributed by atoms with E-state index in [9.17, 15) is 27.9 Å². The summed E-state index contributed by atoms with van der Waals surface area (Å²) in [7, 11) is 0. The van der Waals surface area contributed by atoms with Gasteiger partial charge < -0.3 is 10.0 Å². The first-order valence-corrected chi connectivity index (χ1v) is 11.8. The minimum atomic E-state index is -4.48. The van der Waals surface area contributed by atoms with Gasteiger partial charge in [-0.25, -0.2) is 0 Å². The molecule has 1 saturated heterocycles. The Labute approximate surface area is 209 Å². The van der Waals surface area contributed by atoms with Crippen LogP contribution >= 0.6 is 23.2 Å². The van der Waals surface area contributed by atoms with Gasteiger partial charge in [-0.2, -0.15) is 18.3 Å². The van der Waals surface area contributed by atoms with E-state index in [1.165, 1.54) is 22.9 Å². The fourth-order valence-electron chi connectivity index (χ4n) is 4.53. The van der Waals surface area contributed by atoms with Crippen LogP contribution in [0.25, 0.3) is 10.9 Å². The molecule has 11 heteroatoms. The smallest absolute Gasteiger partial charge is 0.416 e. The number of amides is 1. The summed E-state index contributed by atoms with van der Waals surface area (Å²) in [5, 5.41) is 14.3. The lowest BCUT2D eigenvalue weighted by Crippen LogP contribution is -2.44. The molecule has 1 fully saturated rings. The fourth-order valence-corrected chi connectivity index (χ4v) is 5.10. The monoisotopic (exact) mass is 527 g/mol. The SMILES string of the molecule is Cc1nn(Cc2c(Cl)ccc(C(=O)N3CCCCC3CC(=O)O)c2Cl)c2ccc(C(F)(F)F)cc12. The quantitative estimate of drug-likeness (QED) is 0.429. The zero-order valence-electron chi connectivity index (χ0n) is 18.7. The van der Waals surface area contributed by atoms with Crippen LogP contribution < -0.4 is 0 Å². The van der Waals surface area contributed by atoms with E-state index < -0.39 is 23.8 Å². The number of aryl methyl sites for hydroxylation is 1. The van der Waals surface area contributed by atoms with Crippen LogP contribution in [0.3, 0.4) is 0 Å². The molecule has 0 aliphatic carbocycles. The van der Waals surface area contributed by atoms with Crippen molar-refractivity contribution in [3.05, 3.63) is 62.8 Å². The second-order valence-corrected chi connectivity index (χ2v) is 9.39. The van der Waals surface area contributed by atoms with Gasteiger partial charge in [-0.1, -0.05) is 23.2 Å². The van der Waals surface area contributed by atoms with Gasteiger partial charge in [0.05, 0.1) is 40.3 Å². The van der Waals surface area contributed by atoms with Crippen molar-refractivity contribution in [3.8, 4) is 0 Å². The van der Waals surface area contributed by atoms with E-state index in [4.69, 9.17) is 23.2 Å². The third-order valence-electron chi connectivity index (χ3n) is 6.29. The molecule has 2 heterocycles. The number of carbonyl (C=O) groups excluding carboxylic acids is 1. The Kier molecular flexibility index (Phi) is 7.02. The van der Waals surface area contributed by atoms with Gasteiger partial charge in [0.1, 0.15) is 0 Å². The van der Waals surface area contributed by atoms with E-state index in [0.29, 0.717) is 35.1 Å². The fraction of sp³-hybridized carbons (Fsp3) is 0.375. The zero-order valence-corrected chi connectivity index (χ0v) is 20.2. The summed E-state index contributed by atoms with van der Waals surface area (Å²) in [4.78, 5) is 26.2. The van der Waals surface area contributed by atoms with Gasteiger partial charge in [0, 0.05) is 28.6 Å². The molecule has 186 valence electrons. The number of carboxylic acid groups (broad SMARTS) is 1. The Morgan fingerprint density at radius 1 is 1.17 bits per heavy atom. The maximum absolute atomic E-state index is 13.4. The Morgan fingerprint density at radius 2 is 1.91 bits per heavy atom. The first-order chi connectivity index (χ1) is 16.5. The standard InChI is InChI=1S/C24H22Cl2F3N3O3/c1-13-17-10-14(24(27,28)29)5-8-20(17)32(30-13)12-18-19(25)7-6-16(22(18)26)23(35)31-9-3-2-4-15(31)11-21(33)34/h5-8,10,15H,2-4,9,11-12H2,1H3,(H,33,34). The van der Waals surface area contributed by atoms with Crippen molar-refractivity contribution in [2.45, 2.75) is 51.4 Å². The van der Waals surface area contributed by atoms with Gasteiger partial charge in [0.2, 0.25) is 0 Å². The highest BCUT2D eigenvalue weighted by Crippen LogP contribution is 2.35. The van der Waals surface area contributed by atoms with Crippen molar-refractivity contribution in [3.63, 3.8) is 0 Å². The normalized spacial score (nSPS) is 16.6. The zero-order chi connectivity index (χ0) is 25.5. The summed E-state index contributed by atoms with van der Waals surface area (Å²) in [5.41, 5.74) is 0.701. The van der Waals surface area contributed by atoms with Crippen molar-refractivity contribution in [2.75, 3.05) is 6.54 Å². The Morgan fingerprint density at radius 3 is 2.60 bits per heavy atom. The minimum absolute atomic E-state index is 0.0348. The van der Waals surface area contributed by atoms with Crippen LogP contribution in [0.1, 0.15) is 52.9 Å². The van der Waals surface area contributed by atoms with Crippen molar-refractivity contribution in [1.82, 2.24) is 14.7 Å². The van der Waals surface area contributed by atoms with Crippen LogP contribution in [-0.2, 0) is 17.5 Å². The van der Waals surface area contributed by atoms with Gasteiger partial charge in [-0.3, -0.25) is 14.3 Å². The minimum Gasteiger partial charge on any atom is -0.481 e. The summed E-state index contributed by atoms with van der Waals surface area (Å²) < 4.78 is 40.9. The number of nitrogens with zero attached hydrogens (tertiary/aromatic N) is 3. The summed E-state index contributed by atoms with van der Waals surface area (Å²) in [6.07, 6.45) is -2.44. The second kappa shape index (κ2) is 9.70. The third kappa shape index (κ3) is 5.11. The van der Waals surface area contributed by atoms with Gasteiger partial charge in [-0.15, -0.1) is 0 Å². The number of aromatic nitrogens is 2. The lowest BCUT2D eigenvalue weighted by atomic mass is 9.97. The number of benzene rings is 2. The molecule has 0 bridgehead atoms. The van der Waals surface area contributed by atoms with E-state index in [1.807, 2.05) is 0 Å². The Bertz CT molecular complexity index is 1310. The number of hydrogen-bond donors (Lipinski definition) is 1. The van der Waals surface area contributed by atoms with Crippen LogP contribution in [0.4, 0.5) is 13.2 Å². The van der Waals surface area contributed by atoms with Crippen molar-refractivity contribution in [2.24, 2.45) is 0 Å². The number of aliphatic carboxylic acids is 1. The average Bonchev–Trinajstić information content (AvgIpc) is 3.10. The van der Waals surface area contributed by atoms with E-state index >= 15 is 0 Å². The molecule has 0 radical (unpaired) electrons. The summed E-state index contributed by atoms with van der Waals surface area (Å²) in [6.45, 7) is 2.07. The lowest BCUT2D eigenvalue weighted by molar-refractivity contribution is -0.139. The predicted molar refractivity (Wildman–Crippen MR) is 126 cm³/mol. The summed E-state index contributed by atoms with van der Waals surface area (Å²) in [5.74, 6) is -1.36. The maximum Gasteiger partial charge on any atom is 0.416 e. The summed E-state index contributed by atoms with van der Waals surface area (Å²) in [6, 6.07) is 6.00. The largest absolute Gasteiger partial charge is 0.481 e. The molecule has 1 aromatic heterocycles. The Balaban J connectivity index is 1.69. The van der Waals surface area contributed by atoms with Crippen LogP contribution in [-0.4, -0.2) is 44.3 Å². The predicted octanol–water partition coefficient (Wildman–Crippen LogP) is 6.19. The molecule has 0 saturated carbocycles. The highest BCUT2D eigenvalue weighted by molar-refractivity contribution is 6.38. The number of rotatable bonds is 5. The van der Waals surface area contributed by atoms with Crippen LogP contribution in [0.5, 0.6) is 0 Å². The number of likely N-dealkylation sites (tertiary alicyclic amines) is 1. The number of carboxylic acids is 1. The van der Waals surface area contributed by atoms with E-state index in [2.05, 4.69) is 5.10 Å². The third-order valence-corrected chi connectivity index (χ3v) is 7.07. The van der Waals surface area contributed by atoms with Gasteiger partial charge in [0.25, 0.3) is 5.91 Å². The molecular weight excluding hydrogens is 506 g/mol. The molecule has 1 unspecified atom stereocenters. The number of hydrogen-bond acceptors (Lipinski definition) is 3. The molecule has 35 heavy (non-hydrogen) atoms. The lowest BCUT2D eigenvalue weighted by Gasteiger charge is -2.35. The van der Waals surface area contributed by atoms with Gasteiger partial charge in [0.15, 0.2) is 0 Å². The molecule has 1 atom stereocenters. The molecule has 4 rings (SSSR count). The number of alkyl halides is 3.